The van der Waals surface area contributed by atoms with Crippen LogP contribution in [0.15, 0.2) is 60.7 Å². The van der Waals surface area contributed by atoms with Crippen molar-refractivity contribution in [2.24, 2.45) is 0 Å². The molecule has 10 nitrogen and oxygen atoms in total. The third kappa shape index (κ3) is 7.15. The van der Waals surface area contributed by atoms with E-state index in [0.717, 1.165) is 0 Å². The van der Waals surface area contributed by atoms with Crippen LogP contribution in [-0.2, 0) is 32.3 Å². The summed E-state index contributed by atoms with van der Waals surface area (Å²) in [6, 6.07) is 13.2. The monoisotopic (exact) mass is 416 g/mol. The average molecular weight is 416 g/mol. The van der Waals surface area contributed by atoms with Crippen molar-refractivity contribution in [3.8, 4) is 0 Å². The number of hydrogen-bond donors (Lipinski definition) is 4. The van der Waals surface area contributed by atoms with Crippen molar-refractivity contribution in [2.45, 2.75) is 25.3 Å². The molecule has 0 heterocycles. The van der Waals surface area contributed by atoms with Crippen LogP contribution in [0.5, 0.6) is 0 Å². The molecular weight excluding hydrogens is 396 g/mol. The molecular formula is C20H20N2O8. The van der Waals surface area contributed by atoms with E-state index >= 15 is 0 Å². The molecule has 0 aliphatic carbocycles. The molecule has 0 bridgehead atoms. The first-order valence-corrected chi connectivity index (χ1v) is 8.77. The molecule has 10 heteroatoms. The largest absolute Gasteiger partial charge is 0.480 e. The van der Waals surface area contributed by atoms with E-state index in [0.29, 0.717) is 11.1 Å². The minimum Gasteiger partial charge on any atom is -0.480 e. The van der Waals surface area contributed by atoms with Crippen molar-refractivity contribution < 1.29 is 38.9 Å². The zero-order valence-corrected chi connectivity index (χ0v) is 15.7. The van der Waals surface area contributed by atoms with Crippen molar-refractivity contribution in [1.82, 2.24) is 10.6 Å². The second-order valence-corrected chi connectivity index (χ2v) is 6.04. The van der Waals surface area contributed by atoms with Crippen LogP contribution in [0.4, 0.5) is 9.59 Å². The number of rotatable bonds is 9. The summed E-state index contributed by atoms with van der Waals surface area (Å²) in [4.78, 5) is 46.8. The quantitative estimate of drug-likeness (QED) is 0.483. The van der Waals surface area contributed by atoms with Gasteiger partial charge in [0, 0.05) is 0 Å². The molecule has 0 fully saturated rings. The van der Waals surface area contributed by atoms with Crippen molar-refractivity contribution in [3.63, 3.8) is 0 Å². The van der Waals surface area contributed by atoms with Crippen molar-refractivity contribution in [1.29, 1.82) is 0 Å². The smallest absolute Gasteiger partial charge is 0.408 e. The van der Waals surface area contributed by atoms with E-state index in [1.165, 1.54) is 0 Å². The molecule has 0 aliphatic rings. The molecule has 2 aromatic carbocycles. The molecule has 2 unspecified atom stereocenters. The van der Waals surface area contributed by atoms with E-state index in [4.69, 9.17) is 9.47 Å². The number of ether oxygens (including phenoxy) is 2. The molecule has 0 radical (unpaired) electrons. The van der Waals surface area contributed by atoms with Gasteiger partial charge >= 0.3 is 24.1 Å². The number of carbonyl (C=O) groups is 4. The van der Waals surface area contributed by atoms with Gasteiger partial charge in [-0.2, -0.15) is 0 Å². The molecule has 158 valence electrons. The van der Waals surface area contributed by atoms with Gasteiger partial charge in [0.2, 0.25) is 0 Å². The normalized spacial score (nSPS) is 12.1. The average Bonchev–Trinajstić information content (AvgIpc) is 2.74. The van der Waals surface area contributed by atoms with E-state index in [1.807, 2.05) is 10.6 Å². The number of alkyl carbamates (subject to hydrolysis) is 2. The number of benzene rings is 2. The highest BCUT2D eigenvalue weighted by molar-refractivity contribution is 5.90. The molecule has 0 saturated carbocycles. The van der Waals surface area contributed by atoms with Gasteiger partial charge < -0.3 is 30.3 Å². The summed E-state index contributed by atoms with van der Waals surface area (Å²) in [5.74, 6) is -3.36. The van der Waals surface area contributed by atoms with Gasteiger partial charge in [0.1, 0.15) is 13.2 Å². The Morgan fingerprint density at radius 3 is 1.30 bits per heavy atom. The predicted molar refractivity (Wildman–Crippen MR) is 102 cm³/mol. The molecule has 2 amide bonds. The van der Waals surface area contributed by atoms with Crippen LogP contribution < -0.4 is 10.6 Å². The number of carboxylic acid groups (broad SMARTS) is 2. The minimum absolute atomic E-state index is 0.150. The summed E-state index contributed by atoms with van der Waals surface area (Å²) in [5, 5.41) is 22.5. The second-order valence-electron chi connectivity index (χ2n) is 6.04. The van der Waals surface area contributed by atoms with Gasteiger partial charge in [-0.3, -0.25) is 0 Å². The highest BCUT2D eigenvalue weighted by Gasteiger charge is 2.37. The topological polar surface area (TPSA) is 151 Å². The minimum atomic E-state index is -1.99. The zero-order chi connectivity index (χ0) is 21.9. The van der Waals surface area contributed by atoms with Crippen molar-refractivity contribution >= 4 is 24.1 Å². The first-order chi connectivity index (χ1) is 14.4. The second kappa shape index (κ2) is 11.1. The maximum atomic E-state index is 11.9. The van der Waals surface area contributed by atoms with E-state index in [2.05, 4.69) is 0 Å². The highest BCUT2D eigenvalue weighted by Crippen LogP contribution is 2.04. The highest BCUT2D eigenvalue weighted by atomic mass is 16.6. The third-order valence-electron chi connectivity index (χ3n) is 3.84. The van der Waals surface area contributed by atoms with Gasteiger partial charge in [0.25, 0.3) is 0 Å². The van der Waals surface area contributed by atoms with E-state index in [-0.39, 0.29) is 13.2 Å². The summed E-state index contributed by atoms with van der Waals surface area (Å²) in [5.41, 5.74) is 1.30. The van der Waals surface area contributed by atoms with Crippen molar-refractivity contribution in [3.05, 3.63) is 71.8 Å². The maximum absolute atomic E-state index is 11.9. The van der Waals surface area contributed by atoms with E-state index in [9.17, 15) is 29.4 Å². The lowest BCUT2D eigenvalue weighted by atomic mass is 10.1. The standard InChI is InChI=1S/C20H20N2O8/c23-17(24)15(21-19(27)29-11-13-7-3-1-4-8-13)16(18(25)26)22-20(28)30-12-14-9-5-2-6-10-14/h1-10,15-16H,11-12H2,(H,21,27)(H,22,28)(H,23,24)(H,25,26). The van der Waals surface area contributed by atoms with Gasteiger partial charge in [0.05, 0.1) is 0 Å². The van der Waals surface area contributed by atoms with Crippen LogP contribution in [0.2, 0.25) is 0 Å². The summed E-state index contributed by atoms with van der Waals surface area (Å²) in [7, 11) is 0. The maximum Gasteiger partial charge on any atom is 0.408 e. The predicted octanol–water partition coefficient (Wildman–Crippen LogP) is 1.75. The number of carbonyl (C=O) groups excluding carboxylic acids is 2. The number of hydrogen-bond acceptors (Lipinski definition) is 6. The van der Waals surface area contributed by atoms with Crippen LogP contribution in [0, 0.1) is 0 Å². The summed E-state index contributed by atoms with van der Waals surface area (Å²) in [6.45, 7) is -0.299. The lowest BCUT2D eigenvalue weighted by Crippen LogP contribution is -2.59. The fourth-order valence-electron chi connectivity index (χ4n) is 2.36. The molecule has 2 rings (SSSR count). The van der Waals surface area contributed by atoms with Gasteiger partial charge in [0.15, 0.2) is 12.1 Å². The molecule has 2 aromatic rings. The zero-order valence-electron chi connectivity index (χ0n) is 15.7. The molecule has 0 aromatic heterocycles. The Balaban J connectivity index is 1.95. The molecule has 0 saturated heterocycles. The van der Waals surface area contributed by atoms with Crippen LogP contribution in [0.3, 0.4) is 0 Å². The fraction of sp³-hybridized carbons (Fsp3) is 0.200. The van der Waals surface area contributed by atoms with Gasteiger partial charge in [-0.05, 0) is 11.1 Å². The lowest BCUT2D eigenvalue weighted by molar-refractivity contribution is -0.148. The summed E-state index contributed by atoms with van der Waals surface area (Å²) < 4.78 is 9.80. The molecule has 0 aliphatic heterocycles. The van der Waals surface area contributed by atoms with Crippen LogP contribution >= 0.6 is 0 Å². The lowest BCUT2D eigenvalue weighted by Gasteiger charge is -2.22. The molecule has 4 N–H and O–H groups in total. The first kappa shape index (κ1) is 22.2. The Morgan fingerprint density at radius 1 is 0.667 bits per heavy atom. The Labute approximate surface area is 171 Å². The van der Waals surface area contributed by atoms with Crippen LogP contribution in [0.1, 0.15) is 11.1 Å². The molecule has 2 atom stereocenters. The number of amides is 2. The van der Waals surface area contributed by atoms with Gasteiger partial charge in [-0.1, -0.05) is 60.7 Å². The Bertz CT molecular complexity index is 799. The van der Waals surface area contributed by atoms with Gasteiger partial charge in [-0.25, -0.2) is 19.2 Å². The SMILES string of the molecule is O=C(NC(C(=O)O)C(NC(=O)OCc1ccccc1)C(=O)O)OCc1ccccc1. The number of carboxylic acids is 2. The van der Waals surface area contributed by atoms with E-state index < -0.39 is 36.2 Å². The summed E-state index contributed by atoms with van der Waals surface area (Å²) >= 11 is 0. The summed E-state index contributed by atoms with van der Waals surface area (Å²) in [6.07, 6.45) is -2.31. The first-order valence-electron chi connectivity index (χ1n) is 8.77. The van der Waals surface area contributed by atoms with Crippen LogP contribution in [0.25, 0.3) is 0 Å². The Morgan fingerprint density at radius 2 is 1.00 bits per heavy atom. The fourth-order valence-corrected chi connectivity index (χ4v) is 2.36. The third-order valence-corrected chi connectivity index (χ3v) is 3.84. The Kier molecular flexibility index (Phi) is 8.18. The van der Waals surface area contributed by atoms with Gasteiger partial charge in [-0.15, -0.1) is 0 Å². The number of nitrogens with one attached hydrogen (secondary N) is 2. The molecule has 0 spiro atoms. The van der Waals surface area contributed by atoms with Crippen LogP contribution in [-0.4, -0.2) is 46.4 Å². The number of aliphatic carboxylic acids is 2. The molecule has 30 heavy (non-hydrogen) atoms. The Hall–Kier alpha value is -4.08. The van der Waals surface area contributed by atoms with Crippen molar-refractivity contribution in [2.75, 3.05) is 0 Å². The van der Waals surface area contributed by atoms with E-state index in [1.54, 1.807) is 60.7 Å².